The number of carbonyl (C=O) groups excluding carboxylic acids is 1. The van der Waals surface area contributed by atoms with Crippen LogP contribution in [0.25, 0.3) is 0 Å². The molecule has 0 saturated carbocycles. The maximum Gasteiger partial charge on any atom is 0.271 e. The van der Waals surface area contributed by atoms with E-state index < -0.39 is 0 Å². The highest BCUT2D eigenvalue weighted by atomic mass is 16.5. The van der Waals surface area contributed by atoms with Crippen LogP contribution in [0.4, 0.5) is 5.82 Å². The molecule has 6 heteroatoms. The summed E-state index contributed by atoms with van der Waals surface area (Å²) in [4.78, 5) is 19.5. The van der Waals surface area contributed by atoms with Gasteiger partial charge >= 0.3 is 0 Å². The van der Waals surface area contributed by atoms with E-state index in [1.807, 2.05) is 6.92 Å². The summed E-state index contributed by atoms with van der Waals surface area (Å²) in [6, 6.07) is 0. The van der Waals surface area contributed by atoms with Gasteiger partial charge in [-0.25, -0.2) is 9.97 Å². The molecule has 0 atom stereocenters. The molecule has 0 bridgehead atoms. The highest BCUT2D eigenvalue weighted by Gasteiger charge is 2.06. The van der Waals surface area contributed by atoms with Crippen molar-refractivity contribution < 1.29 is 9.53 Å². The Morgan fingerprint density at radius 3 is 2.81 bits per heavy atom. The number of anilines is 1. The lowest BCUT2D eigenvalue weighted by molar-refractivity contribution is 0.0932. The number of hydrogen-bond donors (Lipinski definition) is 2. The highest BCUT2D eigenvalue weighted by molar-refractivity contribution is 5.91. The van der Waals surface area contributed by atoms with Gasteiger partial charge in [-0.3, -0.25) is 4.79 Å². The number of nitrogens with zero attached hydrogens (tertiary/aromatic N) is 2. The fourth-order valence-electron chi connectivity index (χ4n) is 1.07. The summed E-state index contributed by atoms with van der Waals surface area (Å²) in [6.45, 7) is 3.68. The smallest absolute Gasteiger partial charge is 0.271 e. The van der Waals surface area contributed by atoms with Crippen LogP contribution in [0.15, 0.2) is 12.4 Å². The predicted molar refractivity (Wildman–Crippen MR) is 60.4 cm³/mol. The minimum Gasteiger partial charge on any atom is -0.383 e. The van der Waals surface area contributed by atoms with Crippen LogP contribution in [-0.4, -0.2) is 42.7 Å². The summed E-state index contributed by atoms with van der Waals surface area (Å²) in [6.07, 6.45) is 2.98. The molecule has 0 unspecified atom stereocenters. The van der Waals surface area contributed by atoms with E-state index in [-0.39, 0.29) is 5.91 Å². The number of amides is 1. The van der Waals surface area contributed by atoms with Crippen molar-refractivity contribution in [3.63, 3.8) is 0 Å². The fourth-order valence-corrected chi connectivity index (χ4v) is 1.07. The molecule has 0 aliphatic carbocycles. The van der Waals surface area contributed by atoms with Crippen molar-refractivity contribution in [1.82, 2.24) is 15.3 Å². The summed E-state index contributed by atoms with van der Waals surface area (Å²) in [7, 11) is 1.58. The number of hydrogen-bond acceptors (Lipinski definition) is 5. The fraction of sp³-hybridized carbons (Fsp3) is 0.500. The number of rotatable bonds is 6. The zero-order valence-corrected chi connectivity index (χ0v) is 9.49. The van der Waals surface area contributed by atoms with Gasteiger partial charge in [-0.15, -0.1) is 0 Å². The first-order valence-electron chi connectivity index (χ1n) is 5.11. The van der Waals surface area contributed by atoms with E-state index in [1.54, 1.807) is 7.11 Å². The third-order valence-electron chi connectivity index (χ3n) is 1.83. The normalized spacial score (nSPS) is 9.88. The standard InChI is InChI=1S/C10H16N4O2/c1-3-11-9-7-13-8(6-14-9)10(15)12-4-5-16-2/h6-7H,3-5H2,1-2H3,(H,11,14)(H,12,15). The molecule has 0 aliphatic heterocycles. The molecule has 88 valence electrons. The number of aromatic nitrogens is 2. The van der Waals surface area contributed by atoms with Crippen molar-refractivity contribution >= 4 is 11.7 Å². The molecule has 1 aromatic rings. The van der Waals surface area contributed by atoms with Crippen LogP contribution in [0.2, 0.25) is 0 Å². The average Bonchev–Trinajstić information content (AvgIpc) is 2.30. The van der Waals surface area contributed by atoms with E-state index in [9.17, 15) is 4.79 Å². The Bertz CT molecular complexity index is 326. The molecule has 16 heavy (non-hydrogen) atoms. The Balaban J connectivity index is 2.49. The van der Waals surface area contributed by atoms with Crippen molar-refractivity contribution in [2.24, 2.45) is 0 Å². The molecule has 1 heterocycles. The van der Waals surface area contributed by atoms with E-state index in [4.69, 9.17) is 4.74 Å². The summed E-state index contributed by atoms with van der Waals surface area (Å²) >= 11 is 0. The van der Waals surface area contributed by atoms with E-state index in [2.05, 4.69) is 20.6 Å². The molecular weight excluding hydrogens is 208 g/mol. The number of ether oxygens (including phenoxy) is 1. The van der Waals surface area contributed by atoms with E-state index in [0.29, 0.717) is 24.7 Å². The van der Waals surface area contributed by atoms with Gasteiger partial charge in [-0.05, 0) is 6.92 Å². The molecule has 0 spiro atoms. The zero-order valence-electron chi connectivity index (χ0n) is 9.49. The minimum atomic E-state index is -0.243. The van der Waals surface area contributed by atoms with Crippen LogP contribution in [0, 0.1) is 0 Å². The first-order chi connectivity index (χ1) is 7.77. The molecule has 1 rings (SSSR count). The highest BCUT2D eigenvalue weighted by Crippen LogP contribution is 2.00. The molecule has 6 nitrogen and oxygen atoms in total. The summed E-state index contributed by atoms with van der Waals surface area (Å²) < 4.78 is 4.82. The van der Waals surface area contributed by atoms with Gasteiger partial charge in [0.15, 0.2) is 0 Å². The predicted octanol–water partition coefficient (Wildman–Crippen LogP) is 0.285. The van der Waals surface area contributed by atoms with E-state index >= 15 is 0 Å². The monoisotopic (exact) mass is 224 g/mol. The second-order valence-electron chi connectivity index (χ2n) is 3.07. The van der Waals surface area contributed by atoms with Gasteiger partial charge in [0.25, 0.3) is 5.91 Å². The van der Waals surface area contributed by atoms with Crippen LogP contribution in [0.5, 0.6) is 0 Å². The molecule has 0 fully saturated rings. The Morgan fingerprint density at radius 1 is 1.44 bits per heavy atom. The van der Waals surface area contributed by atoms with Crippen molar-refractivity contribution in [1.29, 1.82) is 0 Å². The van der Waals surface area contributed by atoms with Crippen LogP contribution in [-0.2, 0) is 4.74 Å². The second kappa shape index (κ2) is 6.73. The quantitative estimate of drug-likeness (QED) is 0.679. The van der Waals surface area contributed by atoms with Gasteiger partial charge in [0.2, 0.25) is 0 Å². The van der Waals surface area contributed by atoms with Gasteiger partial charge in [0.05, 0.1) is 19.0 Å². The number of nitrogens with one attached hydrogen (secondary N) is 2. The molecular formula is C10H16N4O2. The van der Waals surface area contributed by atoms with Gasteiger partial charge in [-0.1, -0.05) is 0 Å². The summed E-state index contributed by atoms with van der Waals surface area (Å²) in [5, 5.41) is 5.67. The maximum atomic E-state index is 11.5. The third-order valence-corrected chi connectivity index (χ3v) is 1.83. The third kappa shape index (κ3) is 3.82. The maximum absolute atomic E-state index is 11.5. The Kier molecular flexibility index (Phi) is 5.21. The first-order valence-corrected chi connectivity index (χ1v) is 5.11. The molecule has 0 radical (unpaired) electrons. The van der Waals surface area contributed by atoms with Crippen LogP contribution >= 0.6 is 0 Å². The molecule has 0 saturated heterocycles. The van der Waals surface area contributed by atoms with E-state index in [1.165, 1.54) is 12.4 Å². The largest absolute Gasteiger partial charge is 0.383 e. The Morgan fingerprint density at radius 2 is 2.25 bits per heavy atom. The lowest BCUT2D eigenvalue weighted by atomic mass is 10.4. The van der Waals surface area contributed by atoms with Gasteiger partial charge in [0, 0.05) is 20.2 Å². The number of carbonyl (C=O) groups is 1. The zero-order chi connectivity index (χ0) is 11.8. The average molecular weight is 224 g/mol. The van der Waals surface area contributed by atoms with Gasteiger partial charge in [0.1, 0.15) is 11.5 Å². The van der Waals surface area contributed by atoms with Crippen LogP contribution in [0.1, 0.15) is 17.4 Å². The van der Waals surface area contributed by atoms with Crippen LogP contribution in [0.3, 0.4) is 0 Å². The van der Waals surface area contributed by atoms with E-state index in [0.717, 1.165) is 6.54 Å². The minimum absolute atomic E-state index is 0.243. The SMILES string of the molecule is CCNc1cnc(C(=O)NCCOC)cn1. The molecule has 1 aromatic heterocycles. The topological polar surface area (TPSA) is 76.1 Å². The Hall–Kier alpha value is -1.69. The summed E-state index contributed by atoms with van der Waals surface area (Å²) in [5.41, 5.74) is 0.303. The Labute approximate surface area is 94.4 Å². The lowest BCUT2D eigenvalue weighted by Gasteiger charge is -2.04. The molecule has 0 aliphatic rings. The van der Waals surface area contributed by atoms with Crippen molar-refractivity contribution in [3.8, 4) is 0 Å². The summed E-state index contributed by atoms with van der Waals surface area (Å²) in [5.74, 6) is 0.420. The lowest BCUT2D eigenvalue weighted by Crippen LogP contribution is -2.27. The van der Waals surface area contributed by atoms with Crippen molar-refractivity contribution in [2.45, 2.75) is 6.92 Å². The van der Waals surface area contributed by atoms with Crippen LogP contribution < -0.4 is 10.6 Å². The molecule has 1 amide bonds. The second-order valence-corrected chi connectivity index (χ2v) is 3.07. The molecule has 2 N–H and O–H groups in total. The van der Waals surface area contributed by atoms with Crippen molar-refractivity contribution in [3.05, 3.63) is 18.1 Å². The van der Waals surface area contributed by atoms with Gasteiger partial charge < -0.3 is 15.4 Å². The van der Waals surface area contributed by atoms with Crippen molar-refractivity contribution in [2.75, 3.05) is 32.1 Å². The molecule has 0 aromatic carbocycles. The van der Waals surface area contributed by atoms with Gasteiger partial charge in [-0.2, -0.15) is 0 Å². The first kappa shape index (κ1) is 12.4. The number of methoxy groups -OCH3 is 1.